The summed E-state index contributed by atoms with van der Waals surface area (Å²) in [5, 5.41) is -0.0539. The molecule has 126 valence electrons. The number of esters is 1. The van der Waals surface area contributed by atoms with Gasteiger partial charge in [-0.1, -0.05) is 26.0 Å². The number of hydrogen-bond acceptors (Lipinski definition) is 5. The molecule has 0 aromatic heterocycles. The molecule has 1 aromatic rings. The summed E-state index contributed by atoms with van der Waals surface area (Å²) in [6.07, 6.45) is 0. The lowest BCUT2D eigenvalue weighted by Crippen LogP contribution is -2.47. The number of methoxy groups -OCH3 is 1. The van der Waals surface area contributed by atoms with Crippen LogP contribution in [-0.2, 0) is 9.53 Å². The number of amides is 1. The van der Waals surface area contributed by atoms with E-state index in [0.29, 0.717) is 23.7 Å². The Morgan fingerprint density at radius 2 is 2.04 bits per heavy atom. The van der Waals surface area contributed by atoms with Crippen LogP contribution in [0.25, 0.3) is 0 Å². The Morgan fingerprint density at radius 1 is 1.35 bits per heavy atom. The summed E-state index contributed by atoms with van der Waals surface area (Å²) in [4.78, 5) is 27.0. The highest BCUT2D eigenvalue weighted by Crippen LogP contribution is 2.36. The number of carbonyl (C=O) groups excluding carboxylic acids is 2. The maximum absolute atomic E-state index is 13.1. The molecule has 2 unspecified atom stereocenters. The molecule has 2 rings (SSSR count). The minimum absolute atomic E-state index is 0.0539. The Hall–Kier alpha value is -1.69. The lowest BCUT2D eigenvalue weighted by molar-refractivity contribution is -0.147. The van der Waals surface area contributed by atoms with Crippen LogP contribution in [0.15, 0.2) is 24.3 Å². The van der Waals surface area contributed by atoms with E-state index in [1.807, 2.05) is 19.9 Å². The van der Waals surface area contributed by atoms with Gasteiger partial charge in [0.05, 0.1) is 24.7 Å². The van der Waals surface area contributed by atoms with Gasteiger partial charge in [0.1, 0.15) is 11.8 Å². The average molecular weight is 337 g/mol. The molecule has 0 radical (unpaired) electrons. The van der Waals surface area contributed by atoms with E-state index in [4.69, 9.17) is 9.47 Å². The van der Waals surface area contributed by atoms with Crippen LogP contribution in [0.2, 0.25) is 0 Å². The summed E-state index contributed by atoms with van der Waals surface area (Å²) in [5.41, 5.74) is 0.470. The van der Waals surface area contributed by atoms with Crippen LogP contribution in [0.5, 0.6) is 5.75 Å². The van der Waals surface area contributed by atoms with E-state index >= 15 is 0 Å². The van der Waals surface area contributed by atoms with E-state index in [1.165, 1.54) is 7.11 Å². The zero-order valence-corrected chi connectivity index (χ0v) is 14.8. The Morgan fingerprint density at radius 3 is 2.65 bits per heavy atom. The molecule has 0 bridgehead atoms. The molecule has 5 nitrogen and oxygen atoms in total. The molecule has 23 heavy (non-hydrogen) atoms. The van der Waals surface area contributed by atoms with Crippen molar-refractivity contribution in [3.8, 4) is 5.75 Å². The fourth-order valence-electron chi connectivity index (χ4n) is 2.68. The van der Waals surface area contributed by atoms with E-state index in [2.05, 4.69) is 0 Å². The molecule has 0 saturated carbocycles. The van der Waals surface area contributed by atoms with Crippen molar-refractivity contribution in [1.82, 2.24) is 4.90 Å². The second-order valence-electron chi connectivity index (χ2n) is 5.65. The van der Waals surface area contributed by atoms with Crippen LogP contribution >= 0.6 is 11.8 Å². The van der Waals surface area contributed by atoms with Crippen LogP contribution in [-0.4, -0.2) is 47.7 Å². The number of hydrogen-bond donors (Lipinski definition) is 0. The number of nitrogens with zero attached hydrogens (tertiary/aromatic N) is 1. The van der Waals surface area contributed by atoms with Crippen LogP contribution in [0.1, 0.15) is 31.1 Å². The monoisotopic (exact) mass is 337 g/mol. The van der Waals surface area contributed by atoms with Gasteiger partial charge in [-0.2, -0.15) is 0 Å². The zero-order valence-electron chi connectivity index (χ0n) is 13.9. The van der Waals surface area contributed by atoms with Crippen molar-refractivity contribution in [2.75, 3.05) is 19.5 Å². The highest BCUT2D eigenvalue weighted by molar-refractivity contribution is 8.00. The maximum atomic E-state index is 13.1. The topological polar surface area (TPSA) is 55.8 Å². The fraction of sp³-hybridized carbons (Fsp3) is 0.529. The summed E-state index contributed by atoms with van der Waals surface area (Å²) in [6.45, 7) is 6.18. The van der Waals surface area contributed by atoms with E-state index in [-0.39, 0.29) is 23.2 Å². The van der Waals surface area contributed by atoms with Gasteiger partial charge in [-0.25, -0.2) is 4.79 Å². The number of carbonyl (C=O) groups is 2. The van der Waals surface area contributed by atoms with Crippen LogP contribution < -0.4 is 4.74 Å². The van der Waals surface area contributed by atoms with Gasteiger partial charge in [-0.05, 0) is 25.0 Å². The van der Waals surface area contributed by atoms with Gasteiger partial charge in [0.2, 0.25) is 0 Å². The largest absolute Gasteiger partial charge is 0.496 e. The normalized spacial score (nSPS) is 20.7. The fourth-order valence-corrected chi connectivity index (χ4v) is 4.14. The smallest absolute Gasteiger partial charge is 0.329 e. The van der Waals surface area contributed by atoms with Gasteiger partial charge in [0.25, 0.3) is 5.91 Å². The van der Waals surface area contributed by atoms with Crippen molar-refractivity contribution in [2.24, 2.45) is 5.92 Å². The van der Waals surface area contributed by atoms with Crippen molar-refractivity contribution >= 4 is 23.6 Å². The second kappa shape index (κ2) is 7.73. The Bertz CT molecular complexity index is 575. The van der Waals surface area contributed by atoms with Gasteiger partial charge < -0.3 is 14.4 Å². The lowest BCUT2D eigenvalue weighted by Gasteiger charge is -2.30. The molecule has 6 heteroatoms. The first-order valence-corrected chi connectivity index (χ1v) is 8.80. The minimum atomic E-state index is -0.551. The van der Waals surface area contributed by atoms with Gasteiger partial charge >= 0.3 is 5.97 Å². The first-order chi connectivity index (χ1) is 11.0. The van der Waals surface area contributed by atoms with Crippen molar-refractivity contribution in [3.63, 3.8) is 0 Å². The van der Waals surface area contributed by atoms with Gasteiger partial charge in [-0.3, -0.25) is 4.79 Å². The van der Waals surface area contributed by atoms with Crippen molar-refractivity contribution in [3.05, 3.63) is 29.8 Å². The highest BCUT2D eigenvalue weighted by atomic mass is 32.2. The zero-order chi connectivity index (χ0) is 17.0. The first-order valence-electron chi connectivity index (χ1n) is 7.75. The molecule has 1 saturated heterocycles. The molecular weight excluding hydrogens is 314 g/mol. The Kier molecular flexibility index (Phi) is 5.93. The van der Waals surface area contributed by atoms with E-state index in [0.717, 1.165) is 0 Å². The molecule has 1 amide bonds. The number of thioether (sulfide) groups is 1. The van der Waals surface area contributed by atoms with Crippen molar-refractivity contribution < 1.29 is 19.1 Å². The van der Waals surface area contributed by atoms with E-state index in [1.54, 1.807) is 41.8 Å². The summed E-state index contributed by atoms with van der Waals surface area (Å²) in [6, 6.07) is 6.54. The third-order valence-corrected chi connectivity index (χ3v) is 5.36. The third-order valence-electron chi connectivity index (χ3n) is 3.74. The number of rotatable bonds is 5. The van der Waals surface area contributed by atoms with Gasteiger partial charge in [0, 0.05) is 5.75 Å². The minimum Gasteiger partial charge on any atom is -0.496 e. The summed E-state index contributed by atoms with van der Waals surface area (Å²) < 4.78 is 10.4. The van der Waals surface area contributed by atoms with Crippen molar-refractivity contribution in [2.45, 2.75) is 32.2 Å². The molecule has 0 spiro atoms. The van der Waals surface area contributed by atoms with Crippen LogP contribution in [0.4, 0.5) is 0 Å². The van der Waals surface area contributed by atoms with Crippen molar-refractivity contribution in [1.29, 1.82) is 0 Å². The number of ether oxygens (including phenoxy) is 2. The quantitative estimate of drug-likeness (QED) is 0.773. The van der Waals surface area contributed by atoms with Crippen LogP contribution in [0.3, 0.4) is 0 Å². The maximum Gasteiger partial charge on any atom is 0.329 e. The second-order valence-corrected chi connectivity index (χ2v) is 6.80. The SMILES string of the molecule is CCOC(=O)C1CSC(C(C)C)N1C(=O)c1ccccc1OC. The predicted molar refractivity (Wildman–Crippen MR) is 90.7 cm³/mol. The predicted octanol–water partition coefficient (Wildman–Crippen LogP) is 2.80. The van der Waals surface area contributed by atoms with Gasteiger partial charge in [0.15, 0.2) is 0 Å². The summed E-state index contributed by atoms with van der Waals surface area (Å²) in [7, 11) is 1.54. The third kappa shape index (κ3) is 3.63. The van der Waals surface area contributed by atoms with Gasteiger partial charge in [-0.15, -0.1) is 11.8 Å². The molecule has 1 aliphatic rings. The first kappa shape index (κ1) is 17.7. The number of para-hydroxylation sites is 1. The molecule has 1 aromatic carbocycles. The van der Waals surface area contributed by atoms with Crippen LogP contribution in [0, 0.1) is 5.92 Å². The molecule has 1 heterocycles. The Balaban J connectivity index is 2.36. The van der Waals surface area contributed by atoms with E-state index in [9.17, 15) is 9.59 Å². The molecular formula is C17H23NO4S. The Labute approximate surface area is 141 Å². The average Bonchev–Trinajstić information content (AvgIpc) is 2.99. The molecule has 2 atom stereocenters. The summed E-state index contributed by atoms with van der Waals surface area (Å²) >= 11 is 1.62. The number of benzene rings is 1. The highest BCUT2D eigenvalue weighted by Gasteiger charge is 2.44. The molecule has 0 N–H and O–H groups in total. The lowest BCUT2D eigenvalue weighted by atomic mass is 10.1. The standard InChI is InChI=1S/C17H23NO4S/c1-5-22-17(20)13-10-23-16(11(2)3)18(13)15(19)12-8-6-7-9-14(12)21-4/h6-9,11,13,16H,5,10H2,1-4H3. The molecule has 1 fully saturated rings. The van der Waals surface area contributed by atoms with E-state index < -0.39 is 6.04 Å². The molecule has 0 aliphatic carbocycles. The summed E-state index contributed by atoms with van der Waals surface area (Å²) in [5.74, 6) is 0.774. The molecule has 1 aliphatic heterocycles.